The molecule has 47 heavy (non-hydrogen) atoms. The number of fused-ring (bicyclic) bond motifs is 2. The van der Waals surface area contributed by atoms with Crippen LogP contribution in [0.25, 0.3) is 11.2 Å². The van der Waals surface area contributed by atoms with E-state index in [9.17, 15) is 58.6 Å². The lowest BCUT2D eigenvalue weighted by atomic mass is 9.96. The van der Waals surface area contributed by atoms with Crippen molar-refractivity contribution in [1.29, 1.82) is 0 Å². The van der Waals surface area contributed by atoms with Crippen LogP contribution in [0.4, 0.5) is 5.95 Å². The first kappa shape index (κ1) is 34.5. The molecule has 7 N–H and O–H groups in total. The number of aromatic nitrogens is 4. The number of nitrogens with zero attached hydrogens (tertiary/aromatic N) is 6. The molecule has 2 aliphatic heterocycles. The van der Waals surface area contributed by atoms with Gasteiger partial charge >= 0.3 is 41.0 Å². The van der Waals surface area contributed by atoms with Crippen LogP contribution in [0.15, 0.2) is 34.7 Å². The van der Waals surface area contributed by atoms with Gasteiger partial charge in [-0.05, 0) is 0 Å². The number of anilines is 1. The van der Waals surface area contributed by atoms with Crippen molar-refractivity contribution in [3.8, 4) is 0 Å². The standard InChI is InChI=1S/C16H17N8O20P3/c17-15-19-12-9(13(25)20-15)18-4-21(12)14-11-10(6(40-14)3-39-46(35,36)44-47(37,38)43-45(32,33)34)41-16(42-11)7(23(28)29)1-5(22(26)27)2-8(16)24(30)31/h1-2,4,6-7,10-11,14H,3H2,(H,35,36)(H,37,38)(H2,32,33,34)(H3,17,19,20,25)/t6-,7?,10-,11-,14-,16?/m1/s1. The number of nitro groups is 3. The smallest absolute Gasteiger partial charge is 0.369 e. The van der Waals surface area contributed by atoms with Gasteiger partial charge in [0.1, 0.15) is 18.3 Å². The second-order valence-corrected chi connectivity index (χ2v) is 13.8. The Morgan fingerprint density at radius 2 is 1.70 bits per heavy atom. The average molecular weight is 734 g/mol. The van der Waals surface area contributed by atoms with E-state index in [-0.39, 0.29) is 11.2 Å². The summed E-state index contributed by atoms with van der Waals surface area (Å²) >= 11 is 0. The van der Waals surface area contributed by atoms with E-state index in [1.807, 2.05) is 0 Å². The number of imidazole rings is 1. The van der Waals surface area contributed by atoms with Crippen molar-refractivity contribution in [2.45, 2.75) is 36.4 Å². The van der Waals surface area contributed by atoms with Crippen LogP contribution in [0, 0.1) is 30.3 Å². The highest BCUT2D eigenvalue weighted by atomic mass is 31.3. The first-order valence-electron chi connectivity index (χ1n) is 12.0. The van der Waals surface area contributed by atoms with Crippen molar-refractivity contribution in [2.75, 3.05) is 12.3 Å². The number of rotatable bonds is 11. The second kappa shape index (κ2) is 11.7. The summed E-state index contributed by atoms with van der Waals surface area (Å²) in [5.41, 5.74) is 1.74. The number of allylic oxidation sites excluding steroid dienone is 1. The third-order valence-electron chi connectivity index (χ3n) is 6.44. The predicted octanol–water partition coefficient (Wildman–Crippen LogP) is -1.60. The Hall–Kier alpha value is -3.88. The second-order valence-electron chi connectivity index (χ2n) is 9.43. The molecule has 0 aromatic carbocycles. The van der Waals surface area contributed by atoms with Gasteiger partial charge in [-0.15, -0.1) is 0 Å². The van der Waals surface area contributed by atoms with E-state index in [1.165, 1.54) is 0 Å². The summed E-state index contributed by atoms with van der Waals surface area (Å²) in [5.74, 6) is -3.46. The molecule has 4 unspecified atom stereocenters. The van der Waals surface area contributed by atoms with Gasteiger partial charge in [0, 0.05) is 4.92 Å². The van der Waals surface area contributed by atoms with Gasteiger partial charge in [0.15, 0.2) is 17.4 Å². The highest BCUT2D eigenvalue weighted by molar-refractivity contribution is 7.66. The topological polar surface area (TPSA) is 407 Å². The molecule has 31 heteroatoms. The zero-order chi connectivity index (χ0) is 34.9. The molecule has 2 aromatic rings. The zero-order valence-electron chi connectivity index (χ0n) is 22.2. The summed E-state index contributed by atoms with van der Waals surface area (Å²) in [7, 11) is -17.5. The molecule has 2 aromatic heterocycles. The average Bonchev–Trinajstić information content (AvgIpc) is 3.57. The normalized spacial score (nSPS) is 29.9. The molecule has 5 rings (SSSR count). The van der Waals surface area contributed by atoms with E-state index in [0.717, 1.165) is 10.9 Å². The van der Waals surface area contributed by atoms with Crippen LogP contribution in [0.3, 0.4) is 0 Å². The number of nitrogens with two attached hydrogens (primary N) is 1. The maximum absolute atomic E-state index is 12.4. The van der Waals surface area contributed by atoms with Gasteiger partial charge < -0.3 is 39.5 Å². The number of nitrogen functional groups attached to an aromatic ring is 1. The van der Waals surface area contributed by atoms with Crippen molar-refractivity contribution >= 4 is 40.6 Å². The van der Waals surface area contributed by atoms with Crippen molar-refractivity contribution in [1.82, 2.24) is 19.5 Å². The summed E-state index contributed by atoms with van der Waals surface area (Å²) in [6.07, 6.45) is -5.33. The Morgan fingerprint density at radius 3 is 2.30 bits per heavy atom. The molecule has 0 bridgehead atoms. The van der Waals surface area contributed by atoms with E-state index in [4.69, 9.17) is 29.7 Å². The van der Waals surface area contributed by atoms with E-state index >= 15 is 0 Å². The van der Waals surface area contributed by atoms with Gasteiger partial charge in [-0.25, -0.2) is 18.7 Å². The molecule has 0 amide bonds. The lowest BCUT2D eigenvalue weighted by Gasteiger charge is -2.30. The van der Waals surface area contributed by atoms with E-state index in [2.05, 4.69) is 28.1 Å². The largest absolute Gasteiger partial charge is 0.490 e. The SMILES string of the molecule is Nc1nc2c(ncn2[C@@H]2O[C@H](COP(=O)(O)OP(=O)(O)OP(=O)(O)O)[C@H]3OC4(O[C@H]32)C([N+](=O)[O-])=CC([N+](=O)[O-])=CC4[N+](=O)[O-])c(=O)[nH]1. The first-order chi connectivity index (χ1) is 21.6. The fraction of sp³-hybridized carbons (Fsp3) is 0.438. The summed E-state index contributed by atoms with van der Waals surface area (Å²) in [4.78, 5) is 91.0. The van der Waals surface area contributed by atoms with Gasteiger partial charge in [0.2, 0.25) is 5.95 Å². The quantitative estimate of drug-likeness (QED) is 0.0860. The summed E-state index contributed by atoms with van der Waals surface area (Å²) < 4.78 is 65.0. The summed E-state index contributed by atoms with van der Waals surface area (Å²) in [6, 6.07) is -2.46. The number of nitrogens with one attached hydrogen (secondary N) is 1. The van der Waals surface area contributed by atoms with Crippen LogP contribution >= 0.6 is 23.5 Å². The number of ether oxygens (including phenoxy) is 3. The fourth-order valence-electron chi connectivity index (χ4n) is 4.83. The molecule has 1 spiro atoms. The molecule has 256 valence electrons. The fourth-order valence-corrected chi connectivity index (χ4v) is 7.86. The third kappa shape index (κ3) is 6.63. The molecular weight excluding hydrogens is 717 g/mol. The maximum atomic E-state index is 12.4. The van der Waals surface area contributed by atoms with Crippen molar-refractivity contribution < 1.29 is 75.4 Å². The zero-order valence-corrected chi connectivity index (χ0v) is 24.9. The predicted molar refractivity (Wildman–Crippen MR) is 140 cm³/mol. The van der Waals surface area contributed by atoms with Crippen LogP contribution in [-0.4, -0.2) is 90.6 Å². The number of phosphoric acid groups is 3. The van der Waals surface area contributed by atoms with Crippen molar-refractivity contribution in [2.24, 2.45) is 0 Å². The van der Waals surface area contributed by atoms with Crippen LogP contribution in [0.5, 0.6) is 0 Å². The Labute approximate surface area is 255 Å². The molecule has 0 radical (unpaired) electrons. The molecule has 3 aliphatic rings. The monoisotopic (exact) mass is 734 g/mol. The molecule has 8 atom stereocenters. The van der Waals surface area contributed by atoms with Crippen molar-refractivity contribution in [3.63, 3.8) is 0 Å². The highest BCUT2D eigenvalue weighted by Gasteiger charge is 2.72. The van der Waals surface area contributed by atoms with E-state index in [1.54, 1.807) is 0 Å². The molecule has 0 saturated carbocycles. The highest BCUT2D eigenvalue weighted by Crippen LogP contribution is 2.66. The Balaban J connectivity index is 1.55. The lowest BCUT2D eigenvalue weighted by Crippen LogP contribution is -2.53. The van der Waals surface area contributed by atoms with E-state index in [0.29, 0.717) is 12.2 Å². The van der Waals surface area contributed by atoms with E-state index < -0.39 is 104 Å². The minimum absolute atomic E-state index is 0.303. The van der Waals surface area contributed by atoms with Gasteiger partial charge in [0.25, 0.3) is 11.3 Å². The summed E-state index contributed by atoms with van der Waals surface area (Å²) in [6.45, 7) is -1.25. The maximum Gasteiger partial charge on any atom is 0.490 e. The minimum Gasteiger partial charge on any atom is -0.369 e. The molecule has 2 fully saturated rings. The number of hydrogen-bond donors (Lipinski definition) is 6. The van der Waals surface area contributed by atoms with Crippen LogP contribution in [0.2, 0.25) is 0 Å². The van der Waals surface area contributed by atoms with Gasteiger partial charge in [0.05, 0.1) is 34.9 Å². The molecule has 2 saturated heterocycles. The Bertz CT molecular complexity index is 1950. The summed E-state index contributed by atoms with van der Waals surface area (Å²) in [5, 5.41) is 35.6. The van der Waals surface area contributed by atoms with Gasteiger partial charge in [-0.3, -0.25) is 49.2 Å². The van der Waals surface area contributed by atoms with Crippen LogP contribution in [-0.2, 0) is 41.1 Å². The number of phosphoric ester groups is 1. The lowest BCUT2D eigenvalue weighted by molar-refractivity contribution is -0.569. The van der Waals surface area contributed by atoms with Crippen LogP contribution < -0.4 is 11.3 Å². The molecule has 1 aliphatic carbocycles. The van der Waals surface area contributed by atoms with Crippen LogP contribution in [0.1, 0.15) is 6.23 Å². The first-order valence-corrected chi connectivity index (χ1v) is 16.5. The molecule has 28 nitrogen and oxygen atoms in total. The number of hydrogen-bond acceptors (Lipinski definition) is 19. The number of aromatic amines is 1. The molecule has 4 heterocycles. The van der Waals surface area contributed by atoms with Gasteiger partial charge in [-0.1, -0.05) is 0 Å². The third-order valence-corrected chi connectivity index (χ3v) is 10.2. The molecular formula is C16H17N8O20P3. The Morgan fingerprint density at radius 1 is 1.04 bits per heavy atom. The minimum atomic E-state index is -5.97. The Kier molecular flexibility index (Phi) is 8.55. The van der Waals surface area contributed by atoms with Crippen molar-refractivity contribution in [3.05, 3.63) is 70.6 Å². The van der Waals surface area contributed by atoms with Gasteiger partial charge in [-0.2, -0.15) is 13.6 Å². The number of H-pyrrole nitrogens is 1.